The van der Waals surface area contributed by atoms with Crippen LogP contribution in [0, 0.1) is 0 Å². The molecule has 2 N–H and O–H groups in total. The Kier molecular flexibility index (Phi) is 4.15. The fourth-order valence-corrected chi connectivity index (χ4v) is 2.58. The molecule has 22 heavy (non-hydrogen) atoms. The monoisotopic (exact) mass is 305 g/mol. The number of nitrogens with one attached hydrogen (secondary N) is 2. The Morgan fingerprint density at radius 3 is 2.68 bits per heavy atom. The summed E-state index contributed by atoms with van der Waals surface area (Å²) in [5, 5.41) is 5.62. The van der Waals surface area contributed by atoms with Crippen molar-refractivity contribution in [2.75, 3.05) is 33.3 Å². The number of para-hydroxylation sites is 2. The van der Waals surface area contributed by atoms with Gasteiger partial charge in [-0.15, -0.1) is 0 Å². The average molecular weight is 305 g/mol. The highest BCUT2D eigenvalue weighted by Gasteiger charge is 2.37. The Balaban J connectivity index is 1.51. The standard InChI is InChI=1S/C15H19N3O4/c1-21-12-4-2-3-5-13(12)22-10-8-18(9-10)15(20)11-6-16-7-14(19)17-11/h2-5,10-11,16H,6-9H2,1H3,(H,17,19). The lowest BCUT2D eigenvalue weighted by Crippen LogP contribution is -2.64. The van der Waals surface area contributed by atoms with Crippen LogP contribution in [-0.4, -0.2) is 62.1 Å². The van der Waals surface area contributed by atoms with Crippen molar-refractivity contribution in [2.24, 2.45) is 0 Å². The van der Waals surface area contributed by atoms with E-state index in [1.165, 1.54) is 0 Å². The van der Waals surface area contributed by atoms with Crippen LogP contribution in [-0.2, 0) is 9.59 Å². The molecule has 2 heterocycles. The molecule has 2 aliphatic rings. The molecule has 0 spiro atoms. The number of methoxy groups -OCH3 is 1. The molecule has 2 fully saturated rings. The average Bonchev–Trinajstić information content (AvgIpc) is 2.50. The molecule has 0 radical (unpaired) electrons. The Labute approximate surface area is 128 Å². The Bertz CT molecular complexity index is 572. The molecule has 2 amide bonds. The smallest absolute Gasteiger partial charge is 0.246 e. The Hall–Kier alpha value is -2.28. The number of benzene rings is 1. The molecule has 7 heteroatoms. The highest BCUT2D eigenvalue weighted by atomic mass is 16.5. The normalized spacial score (nSPS) is 21.8. The molecule has 2 aliphatic heterocycles. The van der Waals surface area contributed by atoms with E-state index in [1.54, 1.807) is 12.0 Å². The fraction of sp³-hybridized carbons (Fsp3) is 0.467. The summed E-state index contributed by atoms with van der Waals surface area (Å²) in [4.78, 5) is 25.2. The minimum atomic E-state index is -0.478. The van der Waals surface area contributed by atoms with E-state index in [0.717, 1.165) is 0 Å². The summed E-state index contributed by atoms with van der Waals surface area (Å²) < 4.78 is 11.1. The van der Waals surface area contributed by atoms with Crippen molar-refractivity contribution < 1.29 is 19.1 Å². The van der Waals surface area contributed by atoms with E-state index in [1.807, 2.05) is 24.3 Å². The van der Waals surface area contributed by atoms with E-state index in [2.05, 4.69) is 10.6 Å². The molecule has 1 aromatic carbocycles. The van der Waals surface area contributed by atoms with E-state index < -0.39 is 6.04 Å². The summed E-state index contributed by atoms with van der Waals surface area (Å²) in [6, 6.07) is 6.95. The van der Waals surface area contributed by atoms with Crippen LogP contribution < -0.4 is 20.1 Å². The third kappa shape index (κ3) is 2.99. The van der Waals surface area contributed by atoms with Crippen molar-refractivity contribution in [3.63, 3.8) is 0 Å². The van der Waals surface area contributed by atoms with Crippen molar-refractivity contribution in [3.8, 4) is 11.5 Å². The first-order valence-corrected chi connectivity index (χ1v) is 7.26. The lowest BCUT2D eigenvalue weighted by molar-refractivity contribution is -0.144. The molecule has 7 nitrogen and oxygen atoms in total. The molecule has 0 aromatic heterocycles. The summed E-state index contributed by atoms with van der Waals surface area (Å²) in [5.41, 5.74) is 0. The summed E-state index contributed by atoms with van der Waals surface area (Å²) in [6.07, 6.45) is -0.0486. The number of carbonyl (C=O) groups excluding carboxylic acids is 2. The summed E-state index contributed by atoms with van der Waals surface area (Å²) in [7, 11) is 1.59. The minimum Gasteiger partial charge on any atom is -0.493 e. The number of ether oxygens (including phenoxy) is 2. The van der Waals surface area contributed by atoms with Gasteiger partial charge in [-0.05, 0) is 12.1 Å². The first kappa shape index (κ1) is 14.6. The molecule has 2 saturated heterocycles. The lowest BCUT2D eigenvalue weighted by Gasteiger charge is -2.41. The van der Waals surface area contributed by atoms with Gasteiger partial charge in [-0.2, -0.15) is 0 Å². The van der Waals surface area contributed by atoms with E-state index in [4.69, 9.17) is 9.47 Å². The van der Waals surface area contributed by atoms with Gasteiger partial charge in [0, 0.05) is 6.54 Å². The van der Waals surface area contributed by atoms with Crippen LogP contribution in [0.3, 0.4) is 0 Å². The molecular weight excluding hydrogens is 286 g/mol. The van der Waals surface area contributed by atoms with Gasteiger partial charge in [-0.25, -0.2) is 0 Å². The fourth-order valence-electron chi connectivity index (χ4n) is 2.58. The van der Waals surface area contributed by atoms with Crippen molar-refractivity contribution in [1.29, 1.82) is 0 Å². The highest BCUT2D eigenvalue weighted by molar-refractivity contribution is 5.90. The zero-order valence-electron chi connectivity index (χ0n) is 12.4. The van der Waals surface area contributed by atoms with Crippen LogP contribution >= 0.6 is 0 Å². The predicted molar refractivity (Wildman–Crippen MR) is 78.8 cm³/mol. The maximum absolute atomic E-state index is 12.2. The molecule has 118 valence electrons. The van der Waals surface area contributed by atoms with Crippen LogP contribution in [0.15, 0.2) is 24.3 Å². The number of amides is 2. The minimum absolute atomic E-state index is 0.0486. The first-order chi connectivity index (χ1) is 10.7. The van der Waals surface area contributed by atoms with Crippen LogP contribution in [0.2, 0.25) is 0 Å². The maximum Gasteiger partial charge on any atom is 0.246 e. The molecule has 0 bridgehead atoms. The first-order valence-electron chi connectivity index (χ1n) is 7.26. The SMILES string of the molecule is COc1ccccc1OC1CN(C(=O)C2CNCC(=O)N2)C1. The van der Waals surface area contributed by atoms with Gasteiger partial charge >= 0.3 is 0 Å². The van der Waals surface area contributed by atoms with Gasteiger partial charge < -0.3 is 25.0 Å². The number of piperazine rings is 1. The lowest BCUT2D eigenvalue weighted by atomic mass is 10.1. The van der Waals surface area contributed by atoms with Crippen molar-refractivity contribution >= 4 is 11.8 Å². The van der Waals surface area contributed by atoms with Crippen LogP contribution in [0.5, 0.6) is 11.5 Å². The molecule has 1 unspecified atom stereocenters. The number of hydrogen-bond donors (Lipinski definition) is 2. The van der Waals surface area contributed by atoms with Crippen molar-refractivity contribution in [3.05, 3.63) is 24.3 Å². The number of carbonyl (C=O) groups is 2. The molecule has 1 aromatic rings. The van der Waals surface area contributed by atoms with Gasteiger partial charge in [0.25, 0.3) is 0 Å². The van der Waals surface area contributed by atoms with Gasteiger partial charge in [0.1, 0.15) is 12.1 Å². The van der Waals surface area contributed by atoms with Gasteiger partial charge in [-0.3, -0.25) is 9.59 Å². The van der Waals surface area contributed by atoms with Crippen LogP contribution in [0.25, 0.3) is 0 Å². The van der Waals surface area contributed by atoms with E-state index >= 15 is 0 Å². The zero-order chi connectivity index (χ0) is 15.5. The second-order valence-corrected chi connectivity index (χ2v) is 5.38. The molecule has 3 rings (SSSR count). The predicted octanol–water partition coefficient (Wildman–Crippen LogP) is -0.627. The van der Waals surface area contributed by atoms with Gasteiger partial charge in [0.2, 0.25) is 11.8 Å². The van der Waals surface area contributed by atoms with Gasteiger partial charge in [-0.1, -0.05) is 12.1 Å². The Morgan fingerprint density at radius 1 is 1.27 bits per heavy atom. The third-order valence-corrected chi connectivity index (χ3v) is 3.79. The molecule has 0 saturated carbocycles. The van der Waals surface area contributed by atoms with Crippen LogP contribution in [0.1, 0.15) is 0 Å². The second-order valence-electron chi connectivity index (χ2n) is 5.38. The van der Waals surface area contributed by atoms with E-state index in [0.29, 0.717) is 31.1 Å². The highest BCUT2D eigenvalue weighted by Crippen LogP contribution is 2.28. The third-order valence-electron chi connectivity index (χ3n) is 3.79. The largest absolute Gasteiger partial charge is 0.493 e. The van der Waals surface area contributed by atoms with Gasteiger partial charge in [0.15, 0.2) is 11.5 Å². The number of rotatable bonds is 4. The maximum atomic E-state index is 12.2. The summed E-state index contributed by atoms with van der Waals surface area (Å²) >= 11 is 0. The zero-order valence-corrected chi connectivity index (χ0v) is 12.4. The summed E-state index contributed by atoms with van der Waals surface area (Å²) in [6.45, 7) is 1.77. The molecular formula is C15H19N3O4. The molecule has 1 atom stereocenters. The van der Waals surface area contributed by atoms with Crippen molar-refractivity contribution in [1.82, 2.24) is 15.5 Å². The van der Waals surface area contributed by atoms with E-state index in [-0.39, 0.29) is 24.5 Å². The van der Waals surface area contributed by atoms with E-state index in [9.17, 15) is 9.59 Å². The molecule has 0 aliphatic carbocycles. The topological polar surface area (TPSA) is 79.9 Å². The quantitative estimate of drug-likeness (QED) is 0.774. The summed E-state index contributed by atoms with van der Waals surface area (Å²) in [5.74, 6) is 1.14. The number of nitrogens with zero attached hydrogens (tertiary/aromatic N) is 1. The Morgan fingerprint density at radius 2 is 2.00 bits per heavy atom. The number of likely N-dealkylation sites (tertiary alicyclic amines) is 1. The van der Waals surface area contributed by atoms with Crippen LogP contribution in [0.4, 0.5) is 0 Å². The van der Waals surface area contributed by atoms with Gasteiger partial charge in [0.05, 0.1) is 26.7 Å². The van der Waals surface area contributed by atoms with Crippen molar-refractivity contribution in [2.45, 2.75) is 12.1 Å². The second kappa shape index (κ2) is 6.23. The number of hydrogen-bond acceptors (Lipinski definition) is 5.